The van der Waals surface area contributed by atoms with Gasteiger partial charge in [0, 0.05) is 18.8 Å². The normalized spacial score (nSPS) is 24.8. The number of ether oxygens (including phenoxy) is 1. The minimum absolute atomic E-state index is 0.223. The molecule has 1 aromatic rings. The molecule has 0 aliphatic carbocycles. The Labute approximate surface area is 162 Å². The van der Waals surface area contributed by atoms with Gasteiger partial charge in [0.25, 0.3) is 5.91 Å². The lowest BCUT2D eigenvalue weighted by Gasteiger charge is -2.24. The van der Waals surface area contributed by atoms with Gasteiger partial charge in [-0.3, -0.25) is 19.4 Å². The lowest BCUT2D eigenvalue weighted by molar-refractivity contribution is -0.138. The molecule has 3 saturated heterocycles. The summed E-state index contributed by atoms with van der Waals surface area (Å²) in [6, 6.07) is 6.28. The summed E-state index contributed by atoms with van der Waals surface area (Å²) < 4.78 is 4.96. The Morgan fingerprint density at radius 3 is 2.61 bits per heavy atom. The van der Waals surface area contributed by atoms with Crippen LogP contribution in [0.1, 0.15) is 25.3 Å². The van der Waals surface area contributed by atoms with E-state index in [0.29, 0.717) is 37.5 Å². The van der Waals surface area contributed by atoms with Crippen LogP contribution in [-0.4, -0.2) is 66.5 Å². The second kappa shape index (κ2) is 6.81. The lowest BCUT2D eigenvalue weighted by Crippen LogP contribution is -2.44. The Hall–Kier alpha value is -3.10. The zero-order valence-electron chi connectivity index (χ0n) is 15.6. The van der Waals surface area contributed by atoms with Gasteiger partial charge in [0.05, 0.1) is 6.54 Å². The molecule has 3 aliphatic heterocycles. The number of benzene rings is 1. The number of anilines is 1. The molecule has 0 radical (unpaired) electrons. The summed E-state index contributed by atoms with van der Waals surface area (Å²) in [5.74, 6) is -0.704. The average molecular weight is 386 g/mol. The van der Waals surface area contributed by atoms with E-state index in [-0.39, 0.29) is 12.5 Å². The number of hydrogen-bond donors (Lipinski definition) is 1. The quantitative estimate of drug-likeness (QED) is 0.780. The van der Waals surface area contributed by atoms with E-state index < -0.39 is 23.6 Å². The van der Waals surface area contributed by atoms with Crippen LogP contribution >= 0.6 is 0 Å². The van der Waals surface area contributed by atoms with Crippen LogP contribution in [0, 0.1) is 0 Å². The van der Waals surface area contributed by atoms with E-state index in [1.54, 1.807) is 36.1 Å². The molecule has 9 heteroatoms. The number of amides is 5. The van der Waals surface area contributed by atoms with Gasteiger partial charge in [0.15, 0.2) is 0 Å². The van der Waals surface area contributed by atoms with Crippen LogP contribution in [0.4, 0.5) is 15.3 Å². The minimum atomic E-state index is -1.30. The Bertz CT molecular complexity index is 850. The third-order valence-corrected chi connectivity index (χ3v) is 5.52. The number of carbonyl (C=O) groups excluding carboxylic acids is 4. The number of likely N-dealkylation sites (tertiary alicyclic amines) is 1. The van der Waals surface area contributed by atoms with Crippen molar-refractivity contribution in [3.05, 3.63) is 29.8 Å². The summed E-state index contributed by atoms with van der Waals surface area (Å²) in [7, 11) is 0. The number of carbonyl (C=O) groups is 4. The molecular weight excluding hydrogens is 364 g/mol. The standard InChI is InChI=1S/C19H22N4O5/c1-19(13-5-4-6-14(11-13)22-9-10-28-18(22)27)16(25)23(17(26)20-19)12-15(24)21-7-2-3-8-21/h4-6,11H,2-3,7-10,12H2,1H3,(H,20,26). The number of nitrogens with zero attached hydrogens (tertiary/aromatic N) is 3. The highest BCUT2D eigenvalue weighted by atomic mass is 16.6. The first-order chi connectivity index (χ1) is 13.4. The van der Waals surface area contributed by atoms with Crippen molar-refractivity contribution in [1.82, 2.24) is 15.1 Å². The molecule has 0 spiro atoms. The van der Waals surface area contributed by atoms with Crippen molar-refractivity contribution in [1.29, 1.82) is 0 Å². The van der Waals surface area contributed by atoms with E-state index in [2.05, 4.69) is 5.32 Å². The van der Waals surface area contributed by atoms with Gasteiger partial charge in [-0.25, -0.2) is 9.59 Å². The monoisotopic (exact) mass is 386 g/mol. The van der Waals surface area contributed by atoms with Gasteiger partial charge in [-0.2, -0.15) is 0 Å². The van der Waals surface area contributed by atoms with Crippen molar-refractivity contribution in [2.45, 2.75) is 25.3 Å². The van der Waals surface area contributed by atoms with Crippen LogP contribution in [0.2, 0.25) is 0 Å². The first-order valence-corrected chi connectivity index (χ1v) is 9.37. The van der Waals surface area contributed by atoms with Gasteiger partial charge in [0.1, 0.15) is 18.7 Å². The maximum absolute atomic E-state index is 13.1. The van der Waals surface area contributed by atoms with Crippen LogP contribution in [-0.2, 0) is 19.9 Å². The van der Waals surface area contributed by atoms with E-state index in [0.717, 1.165) is 17.7 Å². The van der Waals surface area contributed by atoms with Gasteiger partial charge in [-0.1, -0.05) is 12.1 Å². The number of urea groups is 1. The first kappa shape index (κ1) is 18.3. The summed E-state index contributed by atoms with van der Waals surface area (Å²) in [4.78, 5) is 53.8. The van der Waals surface area contributed by atoms with E-state index >= 15 is 0 Å². The first-order valence-electron chi connectivity index (χ1n) is 9.37. The number of hydrogen-bond acceptors (Lipinski definition) is 5. The van der Waals surface area contributed by atoms with Crippen molar-refractivity contribution >= 4 is 29.6 Å². The molecule has 5 amide bonds. The molecule has 28 heavy (non-hydrogen) atoms. The fourth-order valence-corrected chi connectivity index (χ4v) is 3.85. The number of rotatable bonds is 4. The van der Waals surface area contributed by atoms with Crippen LogP contribution < -0.4 is 10.2 Å². The minimum Gasteiger partial charge on any atom is -0.447 e. The molecule has 3 aliphatic rings. The maximum atomic E-state index is 13.1. The number of nitrogens with one attached hydrogen (secondary N) is 1. The molecule has 3 fully saturated rings. The highest BCUT2D eigenvalue weighted by Gasteiger charge is 2.50. The van der Waals surface area contributed by atoms with E-state index in [9.17, 15) is 19.2 Å². The van der Waals surface area contributed by atoms with Crippen LogP contribution in [0.3, 0.4) is 0 Å². The van der Waals surface area contributed by atoms with Crippen molar-refractivity contribution < 1.29 is 23.9 Å². The largest absolute Gasteiger partial charge is 0.447 e. The second-order valence-corrected chi connectivity index (χ2v) is 7.35. The Morgan fingerprint density at radius 2 is 1.93 bits per heavy atom. The molecule has 0 aromatic heterocycles. The predicted molar refractivity (Wildman–Crippen MR) is 98.5 cm³/mol. The van der Waals surface area contributed by atoms with Crippen LogP contribution in [0.25, 0.3) is 0 Å². The number of cyclic esters (lactones) is 1. The van der Waals surface area contributed by atoms with Gasteiger partial charge < -0.3 is 15.0 Å². The van der Waals surface area contributed by atoms with Crippen molar-refractivity contribution in [2.75, 3.05) is 37.7 Å². The van der Waals surface area contributed by atoms with Gasteiger partial charge >= 0.3 is 12.1 Å². The molecule has 1 atom stereocenters. The van der Waals surface area contributed by atoms with E-state index in [1.165, 1.54) is 4.90 Å². The van der Waals surface area contributed by atoms with Gasteiger partial charge in [-0.15, -0.1) is 0 Å². The van der Waals surface area contributed by atoms with Crippen molar-refractivity contribution in [3.63, 3.8) is 0 Å². The Kier molecular flexibility index (Phi) is 4.44. The van der Waals surface area contributed by atoms with Crippen LogP contribution in [0.15, 0.2) is 24.3 Å². The molecule has 9 nitrogen and oxygen atoms in total. The Balaban J connectivity index is 1.56. The summed E-state index contributed by atoms with van der Waals surface area (Å²) in [6.45, 7) is 3.40. The maximum Gasteiger partial charge on any atom is 0.414 e. The zero-order valence-corrected chi connectivity index (χ0v) is 15.6. The summed E-state index contributed by atoms with van der Waals surface area (Å²) >= 11 is 0. The van der Waals surface area contributed by atoms with Gasteiger partial charge in [-0.05, 0) is 37.5 Å². The fourth-order valence-electron chi connectivity index (χ4n) is 3.85. The molecule has 1 unspecified atom stereocenters. The highest BCUT2D eigenvalue weighted by molar-refractivity contribution is 6.09. The molecule has 148 valence electrons. The smallest absolute Gasteiger partial charge is 0.414 e. The zero-order chi connectivity index (χ0) is 19.9. The topological polar surface area (TPSA) is 99.3 Å². The van der Waals surface area contributed by atoms with E-state index in [1.807, 2.05) is 0 Å². The SMILES string of the molecule is CC1(c2cccc(N3CCOC3=O)c2)NC(=O)N(CC(=O)N2CCCC2)C1=O. The molecule has 0 bridgehead atoms. The predicted octanol–water partition coefficient (Wildman–Crippen LogP) is 1.03. The summed E-state index contributed by atoms with van der Waals surface area (Å²) in [5, 5.41) is 2.70. The molecule has 4 rings (SSSR count). The average Bonchev–Trinajstić information content (AvgIpc) is 3.40. The lowest BCUT2D eigenvalue weighted by atomic mass is 9.91. The molecule has 1 aromatic carbocycles. The molecular formula is C19H22N4O5. The molecule has 3 heterocycles. The Morgan fingerprint density at radius 1 is 1.18 bits per heavy atom. The van der Waals surface area contributed by atoms with Crippen molar-refractivity contribution in [3.8, 4) is 0 Å². The highest BCUT2D eigenvalue weighted by Crippen LogP contribution is 2.32. The molecule has 0 saturated carbocycles. The van der Waals surface area contributed by atoms with E-state index in [4.69, 9.17) is 4.74 Å². The summed E-state index contributed by atoms with van der Waals surface area (Å²) in [5.41, 5.74) is -0.170. The third kappa shape index (κ3) is 2.96. The molecule has 1 N–H and O–H groups in total. The summed E-state index contributed by atoms with van der Waals surface area (Å²) in [6.07, 6.45) is 1.44. The fraction of sp³-hybridized carbons (Fsp3) is 0.474. The van der Waals surface area contributed by atoms with Crippen LogP contribution in [0.5, 0.6) is 0 Å². The van der Waals surface area contributed by atoms with Crippen molar-refractivity contribution in [2.24, 2.45) is 0 Å². The third-order valence-electron chi connectivity index (χ3n) is 5.52. The second-order valence-electron chi connectivity index (χ2n) is 7.35. The number of imide groups is 1. The van der Waals surface area contributed by atoms with Gasteiger partial charge in [0.2, 0.25) is 5.91 Å².